The highest BCUT2D eigenvalue weighted by molar-refractivity contribution is 7.22. The molecule has 4 rings (SSSR count). The summed E-state index contributed by atoms with van der Waals surface area (Å²) in [7, 11) is 0. The fourth-order valence-electron chi connectivity index (χ4n) is 3.46. The molecule has 2 aromatic heterocycles. The maximum atomic E-state index is 13.5. The van der Waals surface area contributed by atoms with E-state index in [1.165, 1.54) is 16.9 Å². The van der Waals surface area contributed by atoms with Gasteiger partial charge in [-0.3, -0.25) is 9.69 Å². The van der Waals surface area contributed by atoms with Gasteiger partial charge in [0.15, 0.2) is 5.13 Å². The molecule has 4 nitrogen and oxygen atoms in total. The van der Waals surface area contributed by atoms with Crippen molar-refractivity contribution in [2.75, 3.05) is 4.90 Å². The second-order valence-corrected chi connectivity index (χ2v) is 8.22. The molecule has 0 N–H and O–H groups in total. The Morgan fingerprint density at radius 3 is 2.54 bits per heavy atom. The molecule has 0 spiro atoms. The van der Waals surface area contributed by atoms with Crippen LogP contribution >= 0.6 is 11.3 Å². The Morgan fingerprint density at radius 1 is 1.04 bits per heavy atom. The molecule has 28 heavy (non-hydrogen) atoms. The van der Waals surface area contributed by atoms with Crippen LogP contribution in [-0.4, -0.2) is 10.9 Å². The van der Waals surface area contributed by atoms with Crippen molar-refractivity contribution in [2.45, 2.75) is 34.2 Å². The molecule has 0 fully saturated rings. The van der Waals surface area contributed by atoms with E-state index < -0.39 is 0 Å². The molecule has 142 valence electrons. The smallest absolute Gasteiger partial charge is 0.260 e. The van der Waals surface area contributed by atoms with Gasteiger partial charge >= 0.3 is 0 Å². The van der Waals surface area contributed by atoms with E-state index in [0.29, 0.717) is 17.2 Å². The summed E-state index contributed by atoms with van der Waals surface area (Å²) in [6.45, 7) is 8.48. The lowest BCUT2D eigenvalue weighted by molar-refractivity contribution is 0.0982. The number of amides is 1. The Labute approximate surface area is 168 Å². The molecule has 0 aliphatic heterocycles. The fraction of sp³-hybridized carbons (Fsp3) is 0.217. The van der Waals surface area contributed by atoms with Crippen LogP contribution in [0.2, 0.25) is 0 Å². The van der Waals surface area contributed by atoms with Crippen LogP contribution in [0.25, 0.3) is 10.2 Å². The number of furan rings is 1. The van der Waals surface area contributed by atoms with E-state index in [9.17, 15) is 4.79 Å². The topological polar surface area (TPSA) is 46.3 Å². The number of carbonyl (C=O) groups is 1. The summed E-state index contributed by atoms with van der Waals surface area (Å²) in [5, 5.41) is 0.685. The second kappa shape index (κ2) is 7.24. The molecular weight excluding hydrogens is 368 g/mol. The van der Waals surface area contributed by atoms with E-state index in [2.05, 4.69) is 26.0 Å². The Kier molecular flexibility index (Phi) is 4.77. The molecule has 5 heteroatoms. The zero-order chi connectivity index (χ0) is 19.8. The number of rotatable bonds is 4. The van der Waals surface area contributed by atoms with E-state index in [4.69, 9.17) is 9.40 Å². The molecule has 0 aliphatic rings. The van der Waals surface area contributed by atoms with Gasteiger partial charge in [0.25, 0.3) is 5.91 Å². The van der Waals surface area contributed by atoms with Gasteiger partial charge in [-0.05, 0) is 68.7 Å². The van der Waals surface area contributed by atoms with Gasteiger partial charge < -0.3 is 4.42 Å². The van der Waals surface area contributed by atoms with E-state index in [0.717, 1.165) is 32.7 Å². The van der Waals surface area contributed by atoms with Crippen LogP contribution in [-0.2, 0) is 6.54 Å². The number of hydrogen-bond donors (Lipinski definition) is 0. The number of aromatic nitrogens is 1. The summed E-state index contributed by atoms with van der Waals surface area (Å²) < 4.78 is 6.61. The highest BCUT2D eigenvalue weighted by atomic mass is 32.1. The lowest BCUT2D eigenvalue weighted by atomic mass is 10.0. The third kappa shape index (κ3) is 3.45. The first-order chi connectivity index (χ1) is 13.4. The molecule has 2 aromatic carbocycles. The van der Waals surface area contributed by atoms with Crippen molar-refractivity contribution in [2.24, 2.45) is 0 Å². The maximum absolute atomic E-state index is 13.5. The number of hydrogen-bond acceptors (Lipinski definition) is 4. The lowest BCUT2D eigenvalue weighted by Crippen LogP contribution is -2.30. The monoisotopic (exact) mass is 390 g/mol. The van der Waals surface area contributed by atoms with Crippen molar-refractivity contribution in [3.8, 4) is 0 Å². The van der Waals surface area contributed by atoms with Gasteiger partial charge in [0.05, 0.1) is 23.0 Å². The first-order valence-corrected chi connectivity index (χ1v) is 10.0. The van der Waals surface area contributed by atoms with Crippen LogP contribution < -0.4 is 4.90 Å². The largest absolute Gasteiger partial charge is 0.467 e. The fourth-order valence-corrected chi connectivity index (χ4v) is 4.60. The van der Waals surface area contributed by atoms with E-state index in [1.807, 2.05) is 44.2 Å². The number of thiazole rings is 1. The van der Waals surface area contributed by atoms with Crippen LogP contribution in [0, 0.1) is 27.7 Å². The second-order valence-electron chi connectivity index (χ2n) is 7.21. The third-order valence-electron chi connectivity index (χ3n) is 4.80. The molecule has 0 bridgehead atoms. The maximum Gasteiger partial charge on any atom is 0.260 e. The van der Waals surface area contributed by atoms with Crippen molar-refractivity contribution in [3.05, 3.63) is 82.3 Å². The van der Waals surface area contributed by atoms with Gasteiger partial charge in [-0.2, -0.15) is 0 Å². The first kappa shape index (κ1) is 18.4. The van der Waals surface area contributed by atoms with Crippen LogP contribution in [0.1, 0.15) is 38.4 Å². The summed E-state index contributed by atoms with van der Waals surface area (Å²) in [4.78, 5) is 20.0. The number of carbonyl (C=O) groups excluding carboxylic acids is 1. The predicted molar refractivity (Wildman–Crippen MR) is 114 cm³/mol. The molecule has 4 aromatic rings. The van der Waals surface area contributed by atoms with Crippen LogP contribution in [0.3, 0.4) is 0 Å². The molecule has 1 amide bonds. The summed E-state index contributed by atoms with van der Waals surface area (Å²) in [6.07, 6.45) is 1.63. The van der Waals surface area contributed by atoms with Gasteiger partial charge in [-0.15, -0.1) is 0 Å². The molecule has 0 aliphatic carbocycles. The SMILES string of the molecule is Cc1ccc(C(=O)N(Cc2ccco2)c2nc3c(C)cc(C)cc3s2)c(C)c1. The van der Waals surface area contributed by atoms with Gasteiger partial charge in [0.1, 0.15) is 5.76 Å². The van der Waals surface area contributed by atoms with Gasteiger partial charge in [0.2, 0.25) is 0 Å². The van der Waals surface area contributed by atoms with Crippen molar-refractivity contribution in [1.29, 1.82) is 0 Å². The number of anilines is 1. The van der Waals surface area contributed by atoms with Crippen LogP contribution in [0.4, 0.5) is 5.13 Å². The zero-order valence-corrected chi connectivity index (χ0v) is 17.3. The van der Waals surface area contributed by atoms with Crippen molar-refractivity contribution < 1.29 is 9.21 Å². The highest BCUT2D eigenvalue weighted by Gasteiger charge is 2.24. The molecular formula is C23H22N2O2S. The van der Waals surface area contributed by atoms with Crippen LogP contribution in [0.5, 0.6) is 0 Å². The molecule has 0 saturated heterocycles. The minimum atomic E-state index is -0.0673. The van der Waals surface area contributed by atoms with Crippen molar-refractivity contribution in [1.82, 2.24) is 4.98 Å². The zero-order valence-electron chi connectivity index (χ0n) is 16.4. The molecule has 0 radical (unpaired) electrons. The lowest BCUT2D eigenvalue weighted by Gasteiger charge is -2.20. The average Bonchev–Trinajstić information content (AvgIpc) is 3.28. The van der Waals surface area contributed by atoms with E-state index in [1.54, 1.807) is 11.2 Å². The summed E-state index contributed by atoms with van der Waals surface area (Å²) in [5.74, 6) is 0.660. The van der Waals surface area contributed by atoms with E-state index >= 15 is 0 Å². The van der Waals surface area contributed by atoms with Crippen molar-refractivity contribution >= 4 is 32.6 Å². The highest BCUT2D eigenvalue weighted by Crippen LogP contribution is 2.33. The van der Waals surface area contributed by atoms with Gasteiger partial charge in [-0.1, -0.05) is 35.1 Å². The van der Waals surface area contributed by atoms with Gasteiger partial charge in [-0.25, -0.2) is 4.98 Å². The normalized spacial score (nSPS) is 11.1. The number of nitrogens with zero attached hydrogens (tertiary/aromatic N) is 2. The van der Waals surface area contributed by atoms with E-state index in [-0.39, 0.29) is 5.91 Å². The quantitative estimate of drug-likeness (QED) is 0.431. The summed E-state index contributed by atoms with van der Waals surface area (Å²) in [6, 6.07) is 13.9. The summed E-state index contributed by atoms with van der Waals surface area (Å²) >= 11 is 1.54. The van der Waals surface area contributed by atoms with Crippen molar-refractivity contribution in [3.63, 3.8) is 0 Å². The number of benzene rings is 2. The molecule has 0 atom stereocenters. The predicted octanol–water partition coefficient (Wildman–Crippen LogP) is 5.97. The minimum Gasteiger partial charge on any atom is -0.467 e. The Morgan fingerprint density at radius 2 is 1.82 bits per heavy atom. The number of fused-ring (bicyclic) bond motifs is 1. The number of aryl methyl sites for hydroxylation is 4. The molecule has 2 heterocycles. The molecule has 0 saturated carbocycles. The standard InChI is InChI=1S/C23H22N2O2S/c1-14-7-8-19(16(3)10-14)22(26)25(13-18-6-5-9-27-18)23-24-21-17(4)11-15(2)12-20(21)28-23/h5-12H,13H2,1-4H3. The van der Waals surface area contributed by atoms with Gasteiger partial charge in [0, 0.05) is 5.56 Å². The molecule has 0 unspecified atom stereocenters. The minimum absolute atomic E-state index is 0.0673. The first-order valence-electron chi connectivity index (χ1n) is 9.21. The Hall–Kier alpha value is -2.92. The average molecular weight is 391 g/mol. The Bertz CT molecular complexity index is 1160. The van der Waals surface area contributed by atoms with Crippen LogP contribution in [0.15, 0.2) is 53.1 Å². The summed E-state index contributed by atoms with van der Waals surface area (Å²) in [5.41, 5.74) is 6.04. The Balaban J connectivity index is 1.81. The third-order valence-corrected chi connectivity index (χ3v) is 5.83.